The van der Waals surface area contributed by atoms with Crippen molar-refractivity contribution in [3.8, 4) is 28.7 Å². The number of hydrogen-bond acceptors (Lipinski definition) is 7. The van der Waals surface area contributed by atoms with Crippen molar-refractivity contribution < 1.29 is 34.0 Å². The van der Waals surface area contributed by atoms with E-state index in [1.165, 1.54) is 20.3 Å². The molecule has 2 rings (SSSR count). The summed E-state index contributed by atoms with van der Waals surface area (Å²) in [7, 11) is 2.44. The summed E-state index contributed by atoms with van der Waals surface area (Å²) >= 11 is 0. The Labute approximate surface area is 169 Å². The van der Waals surface area contributed by atoms with E-state index >= 15 is 0 Å². The van der Waals surface area contributed by atoms with E-state index in [4.69, 9.17) is 14.2 Å². The van der Waals surface area contributed by atoms with Gasteiger partial charge in [-0.2, -0.15) is 0 Å². The number of aromatic hydroxyl groups is 2. The first-order valence-electron chi connectivity index (χ1n) is 9.04. The Morgan fingerprint density at radius 3 is 2.17 bits per heavy atom. The molecule has 0 saturated carbocycles. The van der Waals surface area contributed by atoms with Crippen LogP contribution < -0.4 is 14.2 Å². The van der Waals surface area contributed by atoms with Gasteiger partial charge in [-0.15, -0.1) is 0 Å². The second-order valence-corrected chi connectivity index (χ2v) is 6.31. The molecule has 29 heavy (non-hydrogen) atoms. The molecule has 0 amide bonds. The SMILES string of the molecule is CC[C@H](C)C(=O)Oc1c(O)c(OC)c(O)c(C(=O)/C=C/c2ccccc2)c1OC. The van der Waals surface area contributed by atoms with Crippen molar-refractivity contribution in [2.24, 2.45) is 5.92 Å². The molecule has 0 aliphatic carbocycles. The Morgan fingerprint density at radius 2 is 1.62 bits per heavy atom. The molecule has 2 N–H and O–H groups in total. The second kappa shape index (κ2) is 9.64. The normalized spacial score (nSPS) is 11.9. The van der Waals surface area contributed by atoms with Crippen molar-refractivity contribution in [2.75, 3.05) is 14.2 Å². The lowest BCUT2D eigenvalue weighted by Crippen LogP contribution is -2.18. The Balaban J connectivity index is 2.58. The Bertz CT molecular complexity index is 917. The second-order valence-electron chi connectivity index (χ2n) is 6.31. The molecule has 2 aromatic carbocycles. The van der Waals surface area contributed by atoms with Crippen molar-refractivity contribution >= 4 is 17.8 Å². The van der Waals surface area contributed by atoms with Crippen LogP contribution in [-0.4, -0.2) is 36.2 Å². The first-order chi connectivity index (χ1) is 13.8. The van der Waals surface area contributed by atoms with Gasteiger partial charge in [0.05, 0.1) is 20.1 Å². The van der Waals surface area contributed by atoms with Gasteiger partial charge in [-0.1, -0.05) is 50.3 Å². The maximum absolute atomic E-state index is 12.8. The standard InChI is InChI=1S/C22H24O7/c1-5-13(2)22(26)29-21-18(25)20(28-4)17(24)16(19(21)27-3)15(23)12-11-14-9-7-6-8-10-14/h6-13,24-25H,5H2,1-4H3/b12-11+/t13-/m0/s1. The molecular formula is C22H24O7. The van der Waals surface area contributed by atoms with Gasteiger partial charge in [0, 0.05) is 0 Å². The molecule has 0 unspecified atom stereocenters. The number of allylic oxidation sites excluding steroid dienone is 1. The van der Waals surface area contributed by atoms with E-state index in [0.29, 0.717) is 6.42 Å². The first kappa shape index (κ1) is 21.8. The summed E-state index contributed by atoms with van der Waals surface area (Å²) in [4.78, 5) is 25.1. The summed E-state index contributed by atoms with van der Waals surface area (Å²) in [6.07, 6.45) is 3.32. The van der Waals surface area contributed by atoms with Crippen molar-refractivity contribution in [3.05, 3.63) is 47.5 Å². The fourth-order valence-electron chi connectivity index (χ4n) is 2.56. The zero-order valence-electron chi connectivity index (χ0n) is 16.8. The van der Waals surface area contributed by atoms with Crippen LogP contribution in [0, 0.1) is 5.92 Å². The number of benzene rings is 2. The van der Waals surface area contributed by atoms with E-state index in [2.05, 4.69) is 0 Å². The average Bonchev–Trinajstić information content (AvgIpc) is 2.73. The molecule has 0 heterocycles. The molecule has 1 atom stereocenters. The summed E-state index contributed by atoms with van der Waals surface area (Å²) < 4.78 is 15.5. The molecule has 7 heteroatoms. The van der Waals surface area contributed by atoms with E-state index in [0.717, 1.165) is 5.56 Å². The fourth-order valence-corrected chi connectivity index (χ4v) is 2.56. The van der Waals surface area contributed by atoms with Crippen LogP contribution in [0.15, 0.2) is 36.4 Å². The Hall–Kier alpha value is -3.48. The zero-order chi connectivity index (χ0) is 21.6. The quantitative estimate of drug-likeness (QED) is 0.299. The Morgan fingerprint density at radius 1 is 1.00 bits per heavy atom. The first-order valence-corrected chi connectivity index (χ1v) is 9.04. The monoisotopic (exact) mass is 400 g/mol. The molecule has 0 bridgehead atoms. The van der Waals surface area contributed by atoms with Gasteiger partial charge >= 0.3 is 5.97 Å². The third-order valence-corrected chi connectivity index (χ3v) is 4.41. The van der Waals surface area contributed by atoms with Crippen LogP contribution in [0.4, 0.5) is 0 Å². The van der Waals surface area contributed by atoms with Gasteiger partial charge < -0.3 is 24.4 Å². The number of rotatable bonds is 8. The third-order valence-electron chi connectivity index (χ3n) is 4.41. The van der Waals surface area contributed by atoms with Gasteiger partial charge in [0.1, 0.15) is 5.56 Å². The minimum atomic E-state index is -0.637. The van der Waals surface area contributed by atoms with Crippen LogP contribution in [0.2, 0.25) is 0 Å². The van der Waals surface area contributed by atoms with E-state index < -0.39 is 34.9 Å². The minimum Gasteiger partial charge on any atom is -0.504 e. The highest BCUT2D eigenvalue weighted by Crippen LogP contribution is 2.52. The topological polar surface area (TPSA) is 102 Å². The van der Waals surface area contributed by atoms with E-state index in [9.17, 15) is 19.8 Å². The zero-order valence-corrected chi connectivity index (χ0v) is 16.8. The summed E-state index contributed by atoms with van der Waals surface area (Å²) in [6.45, 7) is 3.47. The number of esters is 1. The average molecular weight is 400 g/mol. The molecule has 0 aliphatic heterocycles. The minimum absolute atomic E-state index is 0.264. The fraction of sp³-hybridized carbons (Fsp3) is 0.273. The number of phenols is 2. The van der Waals surface area contributed by atoms with Gasteiger partial charge in [-0.25, -0.2) is 0 Å². The largest absolute Gasteiger partial charge is 0.504 e. The highest BCUT2D eigenvalue weighted by molar-refractivity contribution is 6.12. The van der Waals surface area contributed by atoms with Crippen LogP contribution >= 0.6 is 0 Å². The Kier molecular flexibility index (Phi) is 7.25. The lowest BCUT2D eigenvalue weighted by Gasteiger charge is -2.19. The van der Waals surface area contributed by atoms with Gasteiger partial charge in [0.2, 0.25) is 17.2 Å². The van der Waals surface area contributed by atoms with Gasteiger partial charge in [-0.3, -0.25) is 9.59 Å². The lowest BCUT2D eigenvalue weighted by molar-refractivity contribution is -0.138. The number of hydrogen-bond donors (Lipinski definition) is 2. The van der Waals surface area contributed by atoms with Gasteiger partial charge in [0.15, 0.2) is 17.3 Å². The molecule has 2 aromatic rings. The summed E-state index contributed by atoms with van der Waals surface area (Å²) in [5.41, 5.74) is 0.481. The van der Waals surface area contributed by atoms with Crippen LogP contribution in [0.25, 0.3) is 6.08 Å². The number of ether oxygens (including phenoxy) is 3. The summed E-state index contributed by atoms with van der Waals surface area (Å²) in [5.74, 6) is -3.99. The van der Waals surface area contributed by atoms with E-state index in [-0.39, 0.29) is 17.1 Å². The highest BCUT2D eigenvalue weighted by atomic mass is 16.6. The molecule has 0 aromatic heterocycles. The predicted octanol–water partition coefficient (Wildman–Crippen LogP) is 3.96. The molecule has 0 radical (unpaired) electrons. The maximum Gasteiger partial charge on any atom is 0.314 e. The van der Waals surface area contributed by atoms with Crippen molar-refractivity contribution in [2.45, 2.75) is 20.3 Å². The van der Waals surface area contributed by atoms with Crippen LogP contribution in [0.1, 0.15) is 36.2 Å². The number of carbonyl (C=O) groups is 2. The molecule has 0 spiro atoms. The van der Waals surface area contributed by atoms with Crippen LogP contribution in [-0.2, 0) is 4.79 Å². The summed E-state index contributed by atoms with van der Waals surface area (Å²) in [6, 6.07) is 9.09. The molecule has 7 nitrogen and oxygen atoms in total. The van der Waals surface area contributed by atoms with Gasteiger partial charge in [0.25, 0.3) is 0 Å². The number of ketones is 1. The number of phenolic OH excluding ortho intramolecular Hbond substituents is 2. The molecule has 0 fully saturated rings. The van der Waals surface area contributed by atoms with E-state index in [1.54, 1.807) is 25.1 Å². The number of carbonyl (C=O) groups excluding carboxylic acids is 2. The van der Waals surface area contributed by atoms with Crippen LogP contribution in [0.3, 0.4) is 0 Å². The smallest absolute Gasteiger partial charge is 0.314 e. The molecule has 154 valence electrons. The maximum atomic E-state index is 12.8. The third kappa shape index (κ3) is 4.68. The van der Waals surface area contributed by atoms with Crippen molar-refractivity contribution in [3.63, 3.8) is 0 Å². The highest BCUT2D eigenvalue weighted by Gasteiger charge is 2.31. The van der Waals surface area contributed by atoms with Crippen molar-refractivity contribution in [1.82, 2.24) is 0 Å². The van der Waals surface area contributed by atoms with Crippen LogP contribution in [0.5, 0.6) is 28.7 Å². The van der Waals surface area contributed by atoms with Gasteiger partial charge in [-0.05, 0) is 18.1 Å². The van der Waals surface area contributed by atoms with Crippen molar-refractivity contribution in [1.29, 1.82) is 0 Å². The summed E-state index contributed by atoms with van der Waals surface area (Å²) in [5, 5.41) is 20.9. The molecule has 0 saturated heterocycles. The van der Waals surface area contributed by atoms with E-state index in [1.807, 2.05) is 25.1 Å². The molecular weight excluding hydrogens is 376 g/mol. The number of methoxy groups -OCH3 is 2. The predicted molar refractivity (Wildman–Crippen MR) is 108 cm³/mol. The molecule has 0 aliphatic rings. The lowest BCUT2D eigenvalue weighted by atomic mass is 10.0.